The van der Waals surface area contributed by atoms with Gasteiger partial charge in [-0.2, -0.15) is 0 Å². The molecule has 0 aromatic heterocycles. The van der Waals surface area contributed by atoms with Crippen molar-refractivity contribution in [1.29, 1.82) is 0 Å². The first-order valence-corrected chi connectivity index (χ1v) is 11.7. The topological polar surface area (TPSA) is 74.2 Å². The summed E-state index contributed by atoms with van der Waals surface area (Å²) in [5, 5.41) is 4.18. The van der Waals surface area contributed by atoms with Gasteiger partial charge >= 0.3 is 11.9 Å². The molecule has 0 saturated heterocycles. The number of rotatable bonds is 3. The van der Waals surface area contributed by atoms with Gasteiger partial charge in [0.2, 0.25) is 0 Å². The summed E-state index contributed by atoms with van der Waals surface area (Å²) in [6.45, 7) is 7.54. The van der Waals surface area contributed by atoms with Gasteiger partial charge in [0.15, 0.2) is 0 Å². The second kappa shape index (κ2) is 7.92. The van der Waals surface area contributed by atoms with Gasteiger partial charge in [0.25, 0.3) is 0 Å². The van der Waals surface area contributed by atoms with Gasteiger partial charge in [-0.3, -0.25) is 4.79 Å². The first-order chi connectivity index (χ1) is 14.2. The van der Waals surface area contributed by atoms with E-state index in [4.69, 9.17) is 14.3 Å². The van der Waals surface area contributed by atoms with Crippen molar-refractivity contribution in [3.63, 3.8) is 0 Å². The molecule has 6 nitrogen and oxygen atoms in total. The largest absolute Gasteiger partial charge is 0.462 e. The highest BCUT2D eigenvalue weighted by Gasteiger charge is 2.76. The molecule has 168 valence electrons. The molecule has 0 heterocycles. The average Bonchev–Trinajstić information content (AvgIpc) is 3.33. The summed E-state index contributed by atoms with van der Waals surface area (Å²) in [5.41, 5.74) is 1.45. The van der Waals surface area contributed by atoms with Crippen LogP contribution in [0.25, 0.3) is 0 Å². The van der Waals surface area contributed by atoms with E-state index in [0.717, 1.165) is 30.9 Å². The third-order valence-corrected chi connectivity index (χ3v) is 9.16. The lowest BCUT2D eigenvalue weighted by atomic mass is 9.52. The lowest BCUT2D eigenvalue weighted by Crippen LogP contribution is -2.54. The van der Waals surface area contributed by atoms with E-state index < -0.39 is 5.97 Å². The molecule has 30 heavy (non-hydrogen) atoms. The zero-order valence-electron chi connectivity index (χ0n) is 19.1. The molecule has 0 aliphatic heterocycles. The predicted octanol–water partition coefficient (Wildman–Crippen LogP) is 4.50. The highest BCUT2D eigenvalue weighted by atomic mass is 16.7. The van der Waals surface area contributed by atoms with E-state index in [1.165, 1.54) is 33.1 Å². The summed E-state index contributed by atoms with van der Waals surface area (Å²) in [6.07, 6.45) is 8.40. The summed E-state index contributed by atoms with van der Waals surface area (Å²) in [5.74, 6) is 1.23. The smallest absolute Gasteiger partial charge is 0.331 e. The Labute approximate surface area is 180 Å². The second-order valence-corrected chi connectivity index (χ2v) is 10.5. The molecule has 0 radical (unpaired) electrons. The number of esters is 1. The number of oxime groups is 1. The van der Waals surface area contributed by atoms with E-state index in [2.05, 4.69) is 19.0 Å². The molecule has 8 atom stereocenters. The molecule has 4 saturated carbocycles. The van der Waals surface area contributed by atoms with Crippen LogP contribution in [-0.2, 0) is 23.9 Å². The number of hydrogen-bond donors (Lipinski definition) is 0. The van der Waals surface area contributed by atoms with Crippen LogP contribution < -0.4 is 0 Å². The number of carbonyl (C=O) groups excluding carboxylic acids is 2. The number of carbonyl (C=O) groups is 2. The molecule has 6 heteroatoms. The van der Waals surface area contributed by atoms with Gasteiger partial charge in [0, 0.05) is 32.3 Å². The Morgan fingerprint density at radius 1 is 1.10 bits per heavy atom. The zero-order valence-corrected chi connectivity index (χ0v) is 19.1. The van der Waals surface area contributed by atoms with Crippen molar-refractivity contribution in [3.05, 3.63) is 0 Å². The van der Waals surface area contributed by atoms with Crippen LogP contribution >= 0.6 is 0 Å². The fourth-order valence-electron chi connectivity index (χ4n) is 7.72. The van der Waals surface area contributed by atoms with Gasteiger partial charge in [0.1, 0.15) is 6.10 Å². The third kappa shape index (κ3) is 3.39. The van der Waals surface area contributed by atoms with Crippen LogP contribution in [0.3, 0.4) is 0 Å². The van der Waals surface area contributed by atoms with E-state index in [1.54, 1.807) is 0 Å². The Morgan fingerprint density at radius 2 is 1.87 bits per heavy atom. The van der Waals surface area contributed by atoms with E-state index in [1.807, 2.05) is 7.11 Å². The molecule has 0 aromatic rings. The Kier molecular flexibility index (Phi) is 5.75. The van der Waals surface area contributed by atoms with E-state index in [9.17, 15) is 9.59 Å². The molecule has 0 amide bonds. The van der Waals surface area contributed by atoms with E-state index >= 15 is 0 Å². The van der Waals surface area contributed by atoms with Crippen LogP contribution in [0.15, 0.2) is 5.16 Å². The molecular formula is C24H37NO5. The molecule has 4 aliphatic rings. The van der Waals surface area contributed by atoms with Crippen molar-refractivity contribution in [2.24, 2.45) is 39.7 Å². The Balaban J connectivity index is 1.68. The summed E-state index contributed by atoms with van der Waals surface area (Å²) < 4.78 is 12.0. The van der Waals surface area contributed by atoms with Crippen LogP contribution in [0.2, 0.25) is 0 Å². The molecule has 0 unspecified atom stereocenters. The van der Waals surface area contributed by atoms with Crippen LogP contribution in [-0.4, -0.2) is 37.0 Å². The van der Waals surface area contributed by atoms with Crippen molar-refractivity contribution < 1.29 is 23.9 Å². The average molecular weight is 420 g/mol. The predicted molar refractivity (Wildman–Crippen MR) is 113 cm³/mol. The van der Waals surface area contributed by atoms with Crippen LogP contribution in [0.4, 0.5) is 0 Å². The van der Waals surface area contributed by atoms with Crippen LogP contribution in [0.5, 0.6) is 0 Å². The van der Waals surface area contributed by atoms with E-state index in [0.29, 0.717) is 30.1 Å². The molecule has 0 N–H and O–H groups in total. The molecule has 0 bridgehead atoms. The highest BCUT2D eigenvalue weighted by molar-refractivity contribution is 5.86. The van der Waals surface area contributed by atoms with Crippen molar-refractivity contribution in [3.8, 4) is 0 Å². The first kappa shape index (κ1) is 21.8. The van der Waals surface area contributed by atoms with Gasteiger partial charge in [-0.05, 0) is 74.5 Å². The normalized spacial score (nSPS) is 46.5. The monoisotopic (exact) mass is 419 g/mol. The minimum atomic E-state index is -0.400. The zero-order chi connectivity index (χ0) is 21.7. The molecule has 0 aromatic carbocycles. The summed E-state index contributed by atoms with van der Waals surface area (Å²) in [7, 11) is 1.86. The number of fused-ring (bicyclic) bond motifs is 2. The van der Waals surface area contributed by atoms with E-state index in [-0.39, 0.29) is 29.5 Å². The number of ether oxygens (including phenoxy) is 2. The van der Waals surface area contributed by atoms with Gasteiger partial charge in [-0.15, -0.1) is 0 Å². The SMILES string of the molecule is CO[C@@H]1C[C@H]2[C@@H](OC(C)=O)CC/C(=N\OC(C)=O)[C@@H](C)CC[C@@H]2[C@@]2(C)CC[C@@H]3C[C@]312. The fraction of sp³-hybridized carbons (Fsp3) is 0.875. The standard InChI is InChI=1S/C24H37NO5/c1-14-6-7-19-18(12-22(28-5)24-13-17(24)10-11-23(19,24)4)21(29-15(2)26)9-8-20(14)25-30-16(3)27/h14,17-19,21-22H,6-13H2,1-5H3/b25-20+/t14-,17+,18+,19-,21-,22+,23+,24-/m0/s1. The first-order valence-electron chi connectivity index (χ1n) is 11.7. The Morgan fingerprint density at radius 3 is 2.50 bits per heavy atom. The fourth-order valence-corrected chi connectivity index (χ4v) is 7.72. The lowest BCUT2D eigenvalue weighted by molar-refractivity contribution is -0.168. The molecule has 1 spiro atoms. The van der Waals surface area contributed by atoms with Gasteiger partial charge in [-0.1, -0.05) is 19.0 Å². The van der Waals surface area contributed by atoms with Crippen LogP contribution in [0, 0.1) is 34.5 Å². The highest BCUT2D eigenvalue weighted by Crippen LogP contribution is 2.80. The third-order valence-electron chi connectivity index (χ3n) is 9.16. The Hall–Kier alpha value is -1.43. The van der Waals surface area contributed by atoms with Gasteiger partial charge < -0.3 is 14.3 Å². The van der Waals surface area contributed by atoms with Crippen molar-refractivity contribution in [2.75, 3.05) is 7.11 Å². The molecule has 4 aliphatic carbocycles. The van der Waals surface area contributed by atoms with Crippen molar-refractivity contribution in [2.45, 2.75) is 91.3 Å². The maximum absolute atomic E-state index is 12.0. The number of hydrogen-bond acceptors (Lipinski definition) is 6. The lowest BCUT2D eigenvalue weighted by Gasteiger charge is -2.55. The quantitative estimate of drug-likeness (QED) is 0.382. The molecular weight excluding hydrogens is 382 g/mol. The summed E-state index contributed by atoms with van der Waals surface area (Å²) in [6, 6.07) is 0. The molecule has 4 rings (SSSR count). The number of methoxy groups -OCH3 is 1. The summed E-state index contributed by atoms with van der Waals surface area (Å²) in [4.78, 5) is 28.3. The van der Waals surface area contributed by atoms with Gasteiger partial charge in [0.05, 0.1) is 11.8 Å². The maximum Gasteiger partial charge on any atom is 0.331 e. The number of nitrogens with zero attached hydrogens (tertiary/aromatic N) is 1. The van der Waals surface area contributed by atoms with Crippen molar-refractivity contribution in [1.82, 2.24) is 0 Å². The minimum Gasteiger partial charge on any atom is -0.462 e. The maximum atomic E-state index is 12.0. The second-order valence-electron chi connectivity index (χ2n) is 10.5. The molecule has 4 fully saturated rings. The minimum absolute atomic E-state index is 0.148. The Bertz CT molecular complexity index is 735. The van der Waals surface area contributed by atoms with Crippen LogP contribution in [0.1, 0.15) is 79.1 Å². The van der Waals surface area contributed by atoms with Gasteiger partial charge in [-0.25, -0.2) is 4.79 Å². The van der Waals surface area contributed by atoms with Crippen molar-refractivity contribution >= 4 is 17.7 Å². The summed E-state index contributed by atoms with van der Waals surface area (Å²) >= 11 is 0.